The van der Waals surface area contributed by atoms with Crippen molar-refractivity contribution in [2.75, 3.05) is 0 Å². The highest BCUT2D eigenvalue weighted by Gasteiger charge is 2.08. The summed E-state index contributed by atoms with van der Waals surface area (Å²) >= 11 is 1.70. The van der Waals surface area contributed by atoms with Crippen molar-refractivity contribution < 1.29 is 9.13 Å². The van der Waals surface area contributed by atoms with Gasteiger partial charge in [0.15, 0.2) is 11.6 Å². The molecule has 0 bridgehead atoms. The molecule has 2 aromatic rings. The molecule has 2 N–H and O–H groups in total. The second-order valence-corrected chi connectivity index (χ2v) is 5.74. The summed E-state index contributed by atoms with van der Waals surface area (Å²) < 4.78 is 19.3. The third-order valence-electron chi connectivity index (χ3n) is 2.92. The predicted octanol–water partition coefficient (Wildman–Crippen LogP) is 4.05. The molecule has 0 spiro atoms. The van der Waals surface area contributed by atoms with Gasteiger partial charge < -0.3 is 10.5 Å². The maximum atomic E-state index is 13.8. The number of thiophene rings is 1. The van der Waals surface area contributed by atoms with E-state index in [-0.39, 0.29) is 17.6 Å². The van der Waals surface area contributed by atoms with Crippen molar-refractivity contribution in [3.63, 3.8) is 0 Å². The molecule has 1 atom stereocenters. The monoisotopic (exact) mass is 279 g/mol. The third-order valence-corrected chi connectivity index (χ3v) is 4.12. The summed E-state index contributed by atoms with van der Waals surface area (Å²) in [4.78, 5) is 2.42. The van der Waals surface area contributed by atoms with E-state index in [1.54, 1.807) is 23.5 Å². The molecule has 2 nitrogen and oxygen atoms in total. The highest BCUT2D eigenvalue weighted by atomic mass is 32.1. The minimum absolute atomic E-state index is 0.173. The lowest BCUT2D eigenvalue weighted by molar-refractivity contribution is 0.293. The molecule has 19 heavy (non-hydrogen) atoms. The number of ether oxygens (including phenoxy) is 1. The third kappa shape index (κ3) is 3.55. The maximum absolute atomic E-state index is 13.8. The molecule has 0 fully saturated rings. The van der Waals surface area contributed by atoms with Crippen LogP contribution in [0.15, 0.2) is 30.3 Å². The number of halogens is 1. The Morgan fingerprint density at radius 2 is 2.00 bits per heavy atom. The van der Waals surface area contributed by atoms with E-state index in [2.05, 4.69) is 13.0 Å². The summed E-state index contributed by atoms with van der Waals surface area (Å²) in [6.07, 6.45) is 1.02. The van der Waals surface area contributed by atoms with Gasteiger partial charge in [0, 0.05) is 15.8 Å². The normalized spacial score (nSPS) is 12.4. The van der Waals surface area contributed by atoms with Crippen molar-refractivity contribution >= 4 is 11.3 Å². The van der Waals surface area contributed by atoms with Gasteiger partial charge in [-0.3, -0.25) is 0 Å². The molecule has 4 heteroatoms. The first-order valence-electron chi connectivity index (χ1n) is 6.35. The van der Waals surface area contributed by atoms with E-state index in [4.69, 9.17) is 10.5 Å². The second-order valence-electron chi connectivity index (χ2n) is 4.49. The number of aryl methyl sites for hydroxylation is 1. The van der Waals surface area contributed by atoms with Crippen LogP contribution >= 0.6 is 11.3 Å². The molecule has 2 rings (SSSR count). The van der Waals surface area contributed by atoms with Gasteiger partial charge in [-0.25, -0.2) is 4.39 Å². The van der Waals surface area contributed by atoms with Crippen LogP contribution in [0.4, 0.5) is 4.39 Å². The van der Waals surface area contributed by atoms with Crippen LogP contribution in [-0.4, -0.2) is 0 Å². The van der Waals surface area contributed by atoms with Gasteiger partial charge in [-0.1, -0.05) is 13.0 Å². The zero-order valence-electron chi connectivity index (χ0n) is 11.2. The van der Waals surface area contributed by atoms with Gasteiger partial charge in [0.25, 0.3) is 0 Å². The summed E-state index contributed by atoms with van der Waals surface area (Å²) in [5.74, 6) is -0.0853. The van der Waals surface area contributed by atoms with E-state index in [0.29, 0.717) is 6.61 Å². The predicted molar refractivity (Wildman–Crippen MR) is 77.0 cm³/mol. The van der Waals surface area contributed by atoms with E-state index in [1.807, 2.05) is 13.0 Å². The van der Waals surface area contributed by atoms with Crippen LogP contribution in [-0.2, 0) is 13.0 Å². The van der Waals surface area contributed by atoms with Crippen molar-refractivity contribution in [1.29, 1.82) is 0 Å². The number of rotatable bonds is 5. The lowest BCUT2D eigenvalue weighted by Crippen LogP contribution is -2.05. The summed E-state index contributed by atoms with van der Waals surface area (Å²) in [5, 5.41) is 0. The summed E-state index contributed by atoms with van der Waals surface area (Å²) in [7, 11) is 0. The molecule has 1 aromatic heterocycles. The quantitative estimate of drug-likeness (QED) is 0.896. The Hall–Kier alpha value is -1.39. The number of nitrogens with two attached hydrogens (primary N) is 1. The topological polar surface area (TPSA) is 35.2 Å². The average Bonchev–Trinajstić information content (AvgIpc) is 2.85. The highest BCUT2D eigenvalue weighted by Crippen LogP contribution is 2.24. The molecule has 0 saturated heterocycles. The van der Waals surface area contributed by atoms with Crippen molar-refractivity contribution in [2.45, 2.75) is 32.9 Å². The van der Waals surface area contributed by atoms with Crippen LogP contribution < -0.4 is 10.5 Å². The first-order valence-corrected chi connectivity index (χ1v) is 7.17. The van der Waals surface area contributed by atoms with Gasteiger partial charge in [0.05, 0.1) is 0 Å². The van der Waals surface area contributed by atoms with Crippen molar-refractivity contribution in [3.8, 4) is 5.75 Å². The van der Waals surface area contributed by atoms with E-state index in [9.17, 15) is 4.39 Å². The zero-order chi connectivity index (χ0) is 13.8. The van der Waals surface area contributed by atoms with Crippen LogP contribution in [0.1, 0.15) is 35.2 Å². The van der Waals surface area contributed by atoms with Crippen LogP contribution in [0, 0.1) is 5.82 Å². The Kier molecular flexibility index (Phi) is 4.56. The Labute approximate surface area is 117 Å². The highest BCUT2D eigenvalue weighted by molar-refractivity contribution is 7.11. The second kappa shape index (κ2) is 6.17. The van der Waals surface area contributed by atoms with Crippen molar-refractivity contribution in [1.82, 2.24) is 0 Å². The van der Waals surface area contributed by atoms with Gasteiger partial charge in [0.2, 0.25) is 0 Å². The lowest BCUT2D eigenvalue weighted by atomic mass is 10.1. The Balaban J connectivity index is 2.03. The molecule has 0 radical (unpaired) electrons. The summed E-state index contributed by atoms with van der Waals surface area (Å²) in [6, 6.07) is 8.81. The number of hydrogen-bond acceptors (Lipinski definition) is 3. The van der Waals surface area contributed by atoms with Crippen LogP contribution in [0.2, 0.25) is 0 Å². The van der Waals surface area contributed by atoms with Gasteiger partial charge in [-0.2, -0.15) is 0 Å². The lowest BCUT2D eigenvalue weighted by Gasteiger charge is -2.09. The van der Waals surface area contributed by atoms with Crippen molar-refractivity contribution in [3.05, 3.63) is 51.5 Å². The number of hydrogen-bond donors (Lipinski definition) is 1. The average molecular weight is 279 g/mol. The first kappa shape index (κ1) is 14.0. The molecule has 102 valence electrons. The fourth-order valence-electron chi connectivity index (χ4n) is 1.76. The van der Waals surface area contributed by atoms with E-state index >= 15 is 0 Å². The molecule has 0 unspecified atom stereocenters. The van der Waals surface area contributed by atoms with Crippen LogP contribution in [0.3, 0.4) is 0 Å². The first-order chi connectivity index (χ1) is 9.10. The van der Waals surface area contributed by atoms with E-state index < -0.39 is 0 Å². The Morgan fingerprint density at radius 1 is 1.26 bits per heavy atom. The summed E-state index contributed by atoms with van der Waals surface area (Å²) in [6.45, 7) is 4.34. The molecule has 1 heterocycles. The Bertz CT molecular complexity index is 551. The smallest absolute Gasteiger partial charge is 0.165 e. The molecular weight excluding hydrogens is 261 g/mol. The van der Waals surface area contributed by atoms with Crippen LogP contribution in [0.5, 0.6) is 5.75 Å². The standard InChI is InChI=1S/C15H18FNOS/c1-3-12-5-6-13(19-12)9-18-15-7-4-11(10(2)17)8-14(15)16/h4-8,10H,3,9,17H2,1-2H3/t10-/m0/s1. The summed E-state index contributed by atoms with van der Waals surface area (Å²) in [5.41, 5.74) is 6.48. The SMILES string of the molecule is CCc1ccc(COc2ccc([C@H](C)N)cc2F)s1. The molecule has 0 amide bonds. The van der Waals surface area contributed by atoms with Gasteiger partial charge in [0.1, 0.15) is 6.61 Å². The minimum atomic E-state index is -0.359. The fraction of sp³-hybridized carbons (Fsp3) is 0.333. The molecule has 1 aromatic carbocycles. The van der Waals surface area contributed by atoms with Crippen molar-refractivity contribution in [2.24, 2.45) is 5.73 Å². The molecule has 0 aliphatic carbocycles. The van der Waals surface area contributed by atoms with E-state index in [1.165, 1.54) is 10.9 Å². The van der Waals surface area contributed by atoms with Gasteiger partial charge >= 0.3 is 0 Å². The minimum Gasteiger partial charge on any atom is -0.485 e. The molecule has 0 aliphatic rings. The maximum Gasteiger partial charge on any atom is 0.165 e. The largest absolute Gasteiger partial charge is 0.485 e. The molecule has 0 aliphatic heterocycles. The Morgan fingerprint density at radius 3 is 2.58 bits per heavy atom. The number of benzene rings is 1. The fourth-order valence-corrected chi connectivity index (χ4v) is 2.63. The van der Waals surface area contributed by atoms with Crippen LogP contribution in [0.25, 0.3) is 0 Å². The molecule has 0 saturated carbocycles. The van der Waals surface area contributed by atoms with Gasteiger partial charge in [-0.15, -0.1) is 11.3 Å². The zero-order valence-corrected chi connectivity index (χ0v) is 12.0. The molecular formula is C15H18FNOS. The van der Waals surface area contributed by atoms with E-state index in [0.717, 1.165) is 16.9 Å². The van der Waals surface area contributed by atoms with Gasteiger partial charge in [-0.05, 0) is 43.2 Å².